The van der Waals surface area contributed by atoms with Gasteiger partial charge in [0.05, 0.1) is 17.8 Å². The van der Waals surface area contributed by atoms with Crippen LogP contribution in [0.5, 0.6) is 0 Å². The normalized spacial score (nSPS) is 16.7. The summed E-state index contributed by atoms with van der Waals surface area (Å²) in [6, 6.07) is 15.4. The Hall–Kier alpha value is -4.60. The summed E-state index contributed by atoms with van der Waals surface area (Å²) < 4.78 is 28.4. The van der Waals surface area contributed by atoms with Crippen LogP contribution in [0.25, 0.3) is 11.1 Å². The Morgan fingerprint density at radius 2 is 1.67 bits per heavy atom. The number of carbonyl (C=O) groups is 3. The Balaban J connectivity index is 1.81. The fourth-order valence-electron chi connectivity index (χ4n) is 4.03. The number of carbonyl (C=O) groups excluding carboxylic acids is 1. The van der Waals surface area contributed by atoms with Gasteiger partial charge in [-0.3, -0.25) is 9.59 Å². The Kier molecular flexibility index (Phi) is 6.52. The van der Waals surface area contributed by atoms with Crippen molar-refractivity contribution >= 4 is 29.2 Å². The van der Waals surface area contributed by atoms with E-state index in [9.17, 15) is 33.4 Å². The molecule has 1 amide bonds. The van der Waals surface area contributed by atoms with Crippen molar-refractivity contribution in [2.45, 2.75) is 25.4 Å². The first-order valence-corrected chi connectivity index (χ1v) is 10.8. The number of aryl methyl sites for hydroxylation is 1. The van der Waals surface area contributed by atoms with Crippen LogP contribution in [0.4, 0.5) is 14.5 Å². The van der Waals surface area contributed by atoms with E-state index in [0.717, 1.165) is 29.3 Å². The predicted molar refractivity (Wildman–Crippen MR) is 126 cm³/mol. The number of anilines is 1. The molecule has 0 fully saturated rings. The first kappa shape index (κ1) is 24.5. The lowest BCUT2D eigenvalue weighted by molar-refractivity contribution is -0.169. The summed E-state index contributed by atoms with van der Waals surface area (Å²) in [6.07, 6.45) is -1.27. The van der Waals surface area contributed by atoms with E-state index in [1.165, 1.54) is 0 Å². The van der Waals surface area contributed by atoms with Crippen molar-refractivity contribution in [2.75, 3.05) is 5.32 Å². The predicted octanol–water partition coefficient (Wildman–Crippen LogP) is 4.62. The van der Waals surface area contributed by atoms with Crippen LogP contribution in [0.15, 0.2) is 65.8 Å². The maximum absolute atomic E-state index is 14.2. The molecular weight excluding hydrogens is 474 g/mol. The average Bonchev–Trinajstić information content (AvgIpc) is 3.24. The number of oxime groups is 1. The van der Waals surface area contributed by atoms with Gasteiger partial charge in [0.2, 0.25) is 5.60 Å². The number of amides is 1. The topological polar surface area (TPSA) is 125 Å². The Morgan fingerprint density at radius 1 is 1.00 bits per heavy atom. The van der Waals surface area contributed by atoms with Crippen LogP contribution in [0.1, 0.15) is 34.3 Å². The van der Waals surface area contributed by atoms with E-state index in [2.05, 4.69) is 10.5 Å². The second-order valence-electron chi connectivity index (χ2n) is 8.31. The number of halogens is 2. The standard InChI is InChI=1S/C26H20F2N2O6/c1-14-10-20(29-24(33)23-18(27)8-5-9-19(23)28)17(11-16(14)15-6-3-2-4-7-15)21-12-26(25(34)35,36-30-21)13-22(31)32/h2-11H,12-13H2,1H3,(H,29,33)(H,31,32)(H,34,35). The molecule has 0 saturated carbocycles. The molecule has 184 valence electrons. The van der Waals surface area contributed by atoms with E-state index in [4.69, 9.17) is 4.84 Å². The first-order chi connectivity index (χ1) is 17.1. The van der Waals surface area contributed by atoms with Gasteiger partial charge in [0.15, 0.2) is 0 Å². The van der Waals surface area contributed by atoms with Gasteiger partial charge in [-0.1, -0.05) is 41.6 Å². The van der Waals surface area contributed by atoms with Crippen molar-refractivity contribution in [3.63, 3.8) is 0 Å². The molecule has 0 saturated heterocycles. The van der Waals surface area contributed by atoms with Gasteiger partial charge in [-0.25, -0.2) is 13.6 Å². The molecule has 0 spiro atoms. The molecule has 8 nitrogen and oxygen atoms in total. The molecule has 36 heavy (non-hydrogen) atoms. The summed E-state index contributed by atoms with van der Waals surface area (Å²) in [5.41, 5.74) is -0.333. The molecule has 1 unspecified atom stereocenters. The van der Waals surface area contributed by atoms with Crippen LogP contribution in [0.3, 0.4) is 0 Å². The third-order valence-corrected chi connectivity index (χ3v) is 5.81. The van der Waals surface area contributed by atoms with Crippen molar-refractivity contribution < 1.29 is 38.2 Å². The van der Waals surface area contributed by atoms with Gasteiger partial charge in [-0.15, -0.1) is 0 Å². The van der Waals surface area contributed by atoms with E-state index in [1.807, 2.05) is 30.3 Å². The molecule has 3 N–H and O–H groups in total. The van der Waals surface area contributed by atoms with Crippen molar-refractivity contribution in [1.82, 2.24) is 0 Å². The maximum Gasteiger partial charge on any atom is 0.351 e. The number of hydrogen-bond acceptors (Lipinski definition) is 5. The zero-order chi connectivity index (χ0) is 26.0. The SMILES string of the molecule is Cc1cc(NC(=O)c2c(F)cccc2F)c(C2=NOC(CC(=O)O)(C(=O)O)C2)cc1-c1ccccc1. The summed E-state index contributed by atoms with van der Waals surface area (Å²) in [5, 5.41) is 25.2. The zero-order valence-electron chi connectivity index (χ0n) is 18.9. The molecule has 1 atom stereocenters. The molecule has 4 rings (SSSR count). The van der Waals surface area contributed by atoms with Crippen molar-refractivity contribution in [2.24, 2.45) is 5.16 Å². The van der Waals surface area contributed by atoms with E-state index in [-0.39, 0.29) is 17.0 Å². The minimum atomic E-state index is -2.14. The Labute approximate surface area is 203 Å². The lowest BCUT2D eigenvalue weighted by atomic mass is 9.88. The van der Waals surface area contributed by atoms with Gasteiger partial charge in [0.1, 0.15) is 17.2 Å². The van der Waals surface area contributed by atoms with Gasteiger partial charge in [-0.05, 0) is 47.9 Å². The molecule has 0 radical (unpaired) electrons. The quantitative estimate of drug-likeness (QED) is 0.440. The van der Waals surface area contributed by atoms with Crippen LogP contribution < -0.4 is 5.32 Å². The van der Waals surface area contributed by atoms with Crippen LogP contribution in [-0.2, 0) is 14.4 Å². The largest absolute Gasteiger partial charge is 0.481 e. The highest BCUT2D eigenvalue weighted by Crippen LogP contribution is 2.36. The van der Waals surface area contributed by atoms with E-state index in [1.54, 1.807) is 19.1 Å². The molecule has 10 heteroatoms. The van der Waals surface area contributed by atoms with E-state index in [0.29, 0.717) is 5.56 Å². The van der Waals surface area contributed by atoms with Crippen molar-refractivity contribution in [3.05, 3.63) is 89.0 Å². The highest BCUT2D eigenvalue weighted by Gasteiger charge is 2.49. The number of hydrogen-bond donors (Lipinski definition) is 3. The monoisotopic (exact) mass is 494 g/mol. The smallest absolute Gasteiger partial charge is 0.351 e. The highest BCUT2D eigenvalue weighted by molar-refractivity contribution is 6.13. The van der Waals surface area contributed by atoms with Crippen LogP contribution in [0.2, 0.25) is 0 Å². The number of nitrogens with one attached hydrogen (secondary N) is 1. The summed E-state index contributed by atoms with van der Waals surface area (Å²) in [5.74, 6) is -6.09. The highest BCUT2D eigenvalue weighted by atomic mass is 19.1. The lowest BCUT2D eigenvalue weighted by Crippen LogP contribution is -2.41. The van der Waals surface area contributed by atoms with Crippen LogP contribution >= 0.6 is 0 Å². The minimum absolute atomic E-state index is 0.0557. The molecule has 0 aromatic heterocycles. The summed E-state index contributed by atoms with van der Waals surface area (Å²) >= 11 is 0. The number of carboxylic acids is 2. The molecule has 3 aromatic carbocycles. The number of aliphatic carboxylic acids is 2. The second kappa shape index (κ2) is 9.57. The van der Waals surface area contributed by atoms with Crippen LogP contribution in [-0.4, -0.2) is 39.4 Å². The molecule has 0 bridgehead atoms. The Morgan fingerprint density at radius 3 is 2.28 bits per heavy atom. The number of benzene rings is 3. The van der Waals surface area contributed by atoms with Crippen LogP contribution in [0, 0.1) is 18.6 Å². The van der Waals surface area contributed by atoms with E-state index >= 15 is 0 Å². The number of carboxylic acid groups (broad SMARTS) is 2. The van der Waals surface area contributed by atoms with Gasteiger partial charge >= 0.3 is 11.9 Å². The Bertz CT molecular complexity index is 1390. The number of nitrogens with zero attached hydrogens (tertiary/aromatic N) is 1. The molecular formula is C26H20F2N2O6. The molecule has 3 aromatic rings. The molecule has 1 heterocycles. The maximum atomic E-state index is 14.2. The zero-order valence-corrected chi connectivity index (χ0v) is 18.9. The number of rotatable bonds is 7. The minimum Gasteiger partial charge on any atom is -0.481 e. The molecule has 0 aliphatic carbocycles. The first-order valence-electron chi connectivity index (χ1n) is 10.8. The van der Waals surface area contributed by atoms with Gasteiger partial charge in [0, 0.05) is 12.0 Å². The fraction of sp³-hybridized carbons (Fsp3) is 0.154. The summed E-state index contributed by atoms with van der Waals surface area (Å²) in [7, 11) is 0. The molecule has 1 aliphatic rings. The lowest BCUT2D eigenvalue weighted by Gasteiger charge is -2.20. The van der Waals surface area contributed by atoms with Gasteiger partial charge < -0.3 is 20.4 Å². The molecule has 1 aliphatic heterocycles. The second-order valence-corrected chi connectivity index (χ2v) is 8.31. The van der Waals surface area contributed by atoms with Gasteiger partial charge in [-0.2, -0.15) is 0 Å². The van der Waals surface area contributed by atoms with Gasteiger partial charge in [0.25, 0.3) is 5.91 Å². The van der Waals surface area contributed by atoms with Crippen molar-refractivity contribution in [3.8, 4) is 11.1 Å². The summed E-state index contributed by atoms with van der Waals surface area (Å²) in [6.45, 7) is 1.77. The summed E-state index contributed by atoms with van der Waals surface area (Å²) in [4.78, 5) is 41.1. The fourth-order valence-corrected chi connectivity index (χ4v) is 4.03. The van der Waals surface area contributed by atoms with Crippen molar-refractivity contribution in [1.29, 1.82) is 0 Å². The van der Waals surface area contributed by atoms with E-state index < -0.39 is 53.5 Å². The third kappa shape index (κ3) is 4.65. The third-order valence-electron chi connectivity index (χ3n) is 5.81. The average molecular weight is 494 g/mol.